The van der Waals surface area contributed by atoms with Gasteiger partial charge in [0.15, 0.2) is 0 Å². The van der Waals surface area contributed by atoms with Gasteiger partial charge in [0.2, 0.25) is 15.6 Å². The summed E-state index contributed by atoms with van der Waals surface area (Å²) in [6.45, 7) is 0.648. The summed E-state index contributed by atoms with van der Waals surface area (Å²) < 4.78 is 65.7. The molecular weight excluding hydrogens is 359 g/mol. The summed E-state index contributed by atoms with van der Waals surface area (Å²) in [6.07, 6.45) is -4.77. The first-order chi connectivity index (χ1) is 11.4. The average Bonchev–Trinajstić information content (AvgIpc) is 2.50. The van der Waals surface area contributed by atoms with Crippen molar-refractivity contribution in [1.82, 2.24) is 14.2 Å². The average molecular weight is 377 g/mol. The van der Waals surface area contributed by atoms with Gasteiger partial charge in [0.1, 0.15) is 0 Å². The normalized spacial score (nSPS) is 13.1. The first kappa shape index (κ1) is 19.4. The largest absolute Gasteiger partial charge is 0.417 e. The molecule has 1 heterocycles. The molecule has 0 saturated carbocycles. The van der Waals surface area contributed by atoms with Crippen LogP contribution in [0.4, 0.5) is 13.2 Å². The zero-order valence-electron chi connectivity index (χ0n) is 13.9. The standard InChI is InChI=1S/C15H18F3N3O3S/c1-20(2)6-7-21(3)25(23,24)10-4-5-13-11(8-10)12(15(16,17)18)9-14(22)19-13/h4-5,8-9H,6-7H2,1-3H3,(H,19,22). The van der Waals surface area contributed by atoms with Crippen molar-refractivity contribution < 1.29 is 21.6 Å². The Morgan fingerprint density at radius 3 is 2.28 bits per heavy atom. The van der Waals surface area contributed by atoms with E-state index in [2.05, 4.69) is 4.98 Å². The number of nitrogens with zero attached hydrogens (tertiary/aromatic N) is 2. The molecule has 2 aromatic rings. The lowest BCUT2D eigenvalue weighted by Gasteiger charge is -2.20. The maximum atomic E-state index is 13.2. The fourth-order valence-corrected chi connectivity index (χ4v) is 3.46. The molecule has 0 saturated heterocycles. The van der Waals surface area contributed by atoms with Crippen LogP contribution < -0.4 is 5.56 Å². The number of hydrogen-bond acceptors (Lipinski definition) is 4. The lowest BCUT2D eigenvalue weighted by Crippen LogP contribution is -2.33. The van der Waals surface area contributed by atoms with E-state index in [0.717, 1.165) is 10.4 Å². The van der Waals surface area contributed by atoms with Gasteiger partial charge in [0.05, 0.1) is 10.5 Å². The number of halogens is 3. The van der Waals surface area contributed by atoms with Crippen molar-refractivity contribution in [2.24, 2.45) is 0 Å². The summed E-state index contributed by atoms with van der Waals surface area (Å²) in [4.78, 5) is 15.2. The Kier molecular flexibility index (Phi) is 5.26. The monoisotopic (exact) mass is 377 g/mol. The van der Waals surface area contributed by atoms with Crippen LogP contribution in [0.2, 0.25) is 0 Å². The molecule has 0 radical (unpaired) electrons. The van der Waals surface area contributed by atoms with E-state index >= 15 is 0 Å². The molecule has 0 unspecified atom stereocenters. The van der Waals surface area contributed by atoms with Crippen LogP contribution in [0.15, 0.2) is 34.0 Å². The molecule has 138 valence electrons. The summed E-state index contributed by atoms with van der Waals surface area (Å²) in [5, 5.41) is -0.366. The third kappa shape index (κ3) is 4.20. The topological polar surface area (TPSA) is 73.5 Å². The minimum Gasteiger partial charge on any atom is -0.322 e. The van der Waals surface area contributed by atoms with Crippen molar-refractivity contribution in [3.63, 3.8) is 0 Å². The zero-order valence-corrected chi connectivity index (χ0v) is 14.7. The molecule has 0 aliphatic heterocycles. The predicted molar refractivity (Wildman–Crippen MR) is 87.9 cm³/mol. The number of likely N-dealkylation sites (N-methyl/N-ethyl adjacent to an activating group) is 2. The van der Waals surface area contributed by atoms with Crippen LogP contribution in [-0.4, -0.2) is 56.8 Å². The van der Waals surface area contributed by atoms with Gasteiger partial charge in [0, 0.05) is 37.1 Å². The van der Waals surface area contributed by atoms with Crippen LogP contribution in [-0.2, 0) is 16.2 Å². The number of rotatable bonds is 5. The van der Waals surface area contributed by atoms with Crippen molar-refractivity contribution in [2.75, 3.05) is 34.2 Å². The van der Waals surface area contributed by atoms with E-state index in [9.17, 15) is 26.4 Å². The molecule has 1 N–H and O–H groups in total. The fraction of sp³-hybridized carbons (Fsp3) is 0.400. The molecule has 0 spiro atoms. The predicted octanol–water partition coefficient (Wildman–Crippen LogP) is 1.73. The molecule has 6 nitrogen and oxygen atoms in total. The molecule has 1 aromatic carbocycles. The highest BCUT2D eigenvalue weighted by atomic mass is 32.2. The van der Waals surface area contributed by atoms with E-state index in [4.69, 9.17) is 0 Å². The third-order valence-corrected chi connectivity index (χ3v) is 5.54. The highest BCUT2D eigenvalue weighted by Gasteiger charge is 2.34. The molecule has 0 amide bonds. The van der Waals surface area contributed by atoms with E-state index < -0.39 is 27.3 Å². The summed E-state index contributed by atoms with van der Waals surface area (Å²) in [7, 11) is 0.971. The molecule has 1 aromatic heterocycles. The molecule has 0 atom stereocenters. The van der Waals surface area contributed by atoms with Gasteiger partial charge in [-0.2, -0.15) is 17.5 Å². The number of fused-ring (bicyclic) bond motifs is 1. The second-order valence-corrected chi connectivity index (χ2v) is 7.93. The van der Waals surface area contributed by atoms with Crippen molar-refractivity contribution in [3.05, 3.63) is 40.2 Å². The molecule has 0 aliphatic carbocycles. The lowest BCUT2D eigenvalue weighted by atomic mass is 10.1. The quantitative estimate of drug-likeness (QED) is 0.861. The number of aromatic amines is 1. The molecular formula is C15H18F3N3O3S. The Morgan fingerprint density at radius 2 is 1.72 bits per heavy atom. The molecule has 0 bridgehead atoms. The van der Waals surface area contributed by atoms with E-state index in [0.29, 0.717) is 12.6 Å². The van der Waals surface area contributed by atoms with Gasteiger partial charge in [-0.15, -0.1) is 0 Å². The van der Waals surface area contributed by atoms with E-state index in [1.807, 2.05) is 0 Å². The number of pyridine rings is 1. The maximum absolute atomic E-state index is 13.2. The van der Waals surface area contributed by atoms with Crippen LogP contribution in [0, 0.1) is 0 Å². The van der Waals surface area contributed by atoms with Gasteiger partial charge in [-0.1, -0.05) is 0 Å². The van der Waals surface area contributed by atoms with Crippen LogP contribution in [0.1, 0.15) is 5.56 Å². The summed E-state index contributed by atoms with van der Waals surface area (Å²) in [5.41, 5.74) is -2.15. The Balaban J connectivity index is 2.57. The number of sulfonamides is 1. The number of hydrogen-bond donors (Lipinski definition) is 1. The SMILES string of the molecule is CN(C)CCN(C)S(=O)(=O)c1ccc2[nH]c(=O)cc(C(F)(F)F)c2c1. The van der Waals surface area contributed by atoms with Crippen LogP contribution in [0.3, 0.4) is 0 Å². The molecule has 0 fully saturated rings. The van der Waals surface area contributed by atoms with E-state index in [-0.39, 0.29) is 22.3 Å². The molecule has 25 heavy (non-hydrogen) atoms. The third-order valence-electron chi connectivity index (χ3n) is 3.69. The van der Waals surface area contributed by atoms with E-state index in [1.165, 1.54) is 19.2 Å². The van der Waals surface area contributed by atoms with Crippen molar-refractivity contribution in [3.8, 4) is 0 Å². The van der Waals surface area contributed by atoms with Crippen LogP contribution in [0.5, 0.6) is 0 Å². The molecule has 10 heteroatoms. The second-order valence-electron chi connectivity index (χ2n) is 5.88. The van der Waals surface area contributed by atoms with Gasteiger partial charge in [-0.3, -0.25) is 4.79 Å². The highest BCUT2D eigenvalue weighted by Crippen LogP contribution is 2.34. The van der Waals surface area contributed by atoms with Gasteiger partial charge in [-0.05, 0) is 32.3 Å². The summed E-state index contributed by atoms with van der Waals surface area (Å²) in [6, 6.07) is 3.71. The Labute approximate surface area is 142 Å². The zero-order chi connectivity index (χ0) is 19.0. The van der Waals surface area contributed by atoms with Gasteiger partial charge >= 0.3 is 6.18 Å². The smallest absolute Gasteiger partial charge is 0.322 e. The van der Waals surface area contributed by atoms with Gasteiger partial charge in [0.25, 0.3) is 0 Å². The fourth-order valence-electron chi connectivity index (χ4n) is 2.27. The Morgan fingerprint density at radius 1 is 1.08 bits per heavy atom. The number of benzene rings is 1. The lowest BCUT2D eigenvalue weighted by molar-refractivity contribution is -0.136. The number of H-pyrrole nitrogens is 1. The molecule has 2 rings (SSSR count). The summed E-state index contributed by atoms with van der Waals surface area (Å²) >= 11 is 0. The Bertz CT molecular complexity index is 936. The van der Waals surface area contributed by atoms with Crippen molar-refractivity contribution in [1.29, 1.82) is 0 Å². The maximum Gasteiger partial charge on any atom is 0.417 e. The number of aromatic nitrogens is 1. The first-order valence-electron chi connectivity index (χ1n) is 7.28. The number of alkyl halides is 3. The second kappa shape index (κ2) is 6.77. The van der Waals surface area contributed by atoms with Gasteiger partial charge in [-0.25, -0.2) is 8.42 Å². The van der Waals surface area contributed by atoms with Gasteiger partial charge < -0.3 is 9.88 Å². The Hall–Kier alpha value is -1.91. The first-order valence-corrected chi connectivity index (χ1v) is 8.72. The minimum atomic E-state index is -4.77. The number of nitrogens with one attached hydrogen (secondary N) is 1. The highest BCUT2D eigenvalue weighted by molar-refractivity contribution is 7.89. The molecule has 0 aliphatic rings. The summed E-state index contributed by atoms with van der Waals surface area (Å²) in [5.74, 6) is 0. The van der Waals surface area contributed by atoms with Crippen LogP contribution in [0.25, 0.3) is 10.9 Å². The van der Waals surface area contributed by atoms with Crippen LogP contribution >= 0.6 is 0 Å². The van der Waals surface area contributed by atoms with Crippen molar-refractivity contribution >= 4 is 20.9 Å². The minimum absolute atomic E-state index is 0.0743. The van der Waals surface area contributed by atoms with E-state index in [1.54, 1.807) is 19.0 Å². The van der Waals surface area contributed by atoms with Crippen molar-refractivity contribution in [2.45, 2.75) is 11.1 Å².